The predicted molar refractivity (Wildman–Crippen MR) is 129 cm³/mol. The minimum atomic E-state index is 0.0460. The molecule has 4 aliphatic rings. The van der Waals surface area contributed by atoms with Crippen LogP contribution < -0.4 is 0 Å². The quantitative estimate of drug-likeness (QED) is 0.259. The highest BCUT2D eigenvalue weighted by molar-refractivity contribution is 5.91. The molecule has 0 heterocycles. The Hall–Kier alpha value is -1.12. The lowest BCUT2D eigenvalue weighted by Gasteiger charge is -2.53. The summed E-state index contributed by atoms with van der Waals surface area (Å²) in [7, 11) is 0. The first-order chi connectivity index (χ1) is 15.5. The summed E-state index contributed by atoms with van der Waals surface area (Å²) in [4.78, 5) is 24.5. The van der Waals surface area contributed by atoms with Crippen molar-refractivity contribution in [1.82, 2.24) is 0 Å². The van der Waals surface area contributed by atoms with Crippen molar-refractivity contribution >= 4 is 11.8 Å². The van der Waals surface area contributed by atoms with Gasteiger partial charge in [-0.1, -0.05) is 64.4 Å². The number of ether oxygens (including phenoxy) is 1. The molecule has 0 aromatic heterocycles. The molecule has 0 saturated heterocycles. The molecule has 0 amide bonds. The van der Waals surface area contributed by atoms with E-state index in [4.69, 9.17) is 4.74 Å². The molecule has 0 spiro atoms. The number of rotatable bonds is 10. The first-order valence-corrected chi connectivity index (χ1v) is 14.0. The first-order valence-electron chi connectivity index (χ1n) is 14.0. The molecule has 3 saturated carbocycles. The van der Waals surface area contributed by atoms with Gasteiger partial charge in [-0.3, -0.25) is 9.59 Å². The maximum Gasteiger partial charge on any atom is 0.306 e. The Labute approximate surface area is 196 Å². The van der Waals surface area contributed by atoms with Gasteiger partial charge in [0.15, 0.2) is 5.78 Å². The van der Waals surface area contributed by atoms with Crippen LogP contribution in [-0.4, -0.2) is 17.9 Å². The second-order valence-corrected chi connectivity index (χ2v) is 11.6. The molecule has 3 heteroatoms. The number of fused-ring (bicyclic) bond motifs is 5. The molecule has 3 fully saturated rings. The Bertz CT molecular complexity index is 695. The van der Waals surface area contributed by atoms with Crippen LogP contribution in [0.4, 0.5) is 0 Å². The van der Waals surface area contributed by atoms with E-state index in [1.807, 2.05) is 6.08 Å². The zero-order valence-electron chi connectivity index (χ0n) is 20.7. The van der Waals surface area contributed by atoms with Crippen LogP contribution in [0.2, 0.25) is 0 Å². The molecule has 0 bridgehead atoms. The summed E-state index contributed by atoms with van der Waals surface area (Å²) in [5.41, 5.74) is 1.62. The number of ketones is 1. The van der Waals surface area contributed by atoms with Crippen molar-refractivity contribution in [2.45, 2.75) is 129 Å². The monoisotopic (exact) mass is 442 g/mol. The summed E-state index contributed by atoms with van der Waals surface area (Å²) in [6, 6.07) is 0. The standard InChI is InChI=1S/C29H46O3/c1-3-4-5-6-7-8-9-10-11-28(31)32-27-17-16-26-25-14-12-21-20-22(30)13-15-23(21)24(25)18-19-29(26,27)2/h20,23-27H,3-19H2,1-2H3/t23?,24-,25?,26+,27?,29?/m1/s1. The smallest absolute Gasteiger partial charge is 0.306 e. The van der Waals surface area contributed by atoms with Crippen molar-refractivity contribution in [2.75, 3.05) is 0 Å². The highest BCUT2D eigenvalue weighted by atomic mass is 16.5. The van der Waals surface area contributed by atoms with Gasteiger partial charge in [-0.15, -0.1) is 0 Å². The molecule has 3 nitrogen and oxygen atoms in total. The molecule has 180 valence electrons. The molecule has 4 rings (SSSR count). The largest absolute Gasteiger partial charge is 0.462 e. The number of carbonyl (C=O) groups is 2. The number of hydrogen-bond acceptors (Lipinski definition) is 3. The highest BCUT2D eigenvalue weighted by Gasteiger charge is 2.57. The summed E-state index contributed by atoms with van der Waals surface area (Å²) >= 11 is 0. The summed E-state index contributed by atoms with van der Waals surface area (Å²) in [6.07, 6.45) is 21.7. The minimum Gasteiger partial charge on any atom is -0.462 e. The molecule has 0 aromatic rings. The number of esters is 1. The van der Waals surface area contributed by atoms with E-state index < -0.39 is 0 Å². The molecule has 0 radical (unpaired) electrons. The van der Waals surface area contributed by atoms with Crippen LogP contribution in [0.25, 0.3) is 0 Å². The van der Waals surface area contributed by atoms with Crippen LogP contribution in [0.15, 0.2) is 11.6 Å². The fourth-order valence-corrected chi connectivity index (χ4v) is 7.95. The second-order valence-electron chi connectivity index (χ2n) is 11.6. The Morgan fingerprint density at radius 2 is 1.69 bits per heavy atom. The van der Waals surface area contributed by atoms with Gasteiger partial charge in [0.05, 0.1) is 0 Å². The summed E-state index contributed by atoms with van der Waals surface area (Å²) in [6.45, 7) is 4.68. The molecule has 4 aliphatic carbocycles. The lowest BCUT2D eigenvalue weighted by molar-refractivity contribution is -0.159. The van der Waals surface area contributed by atoms with Crippen LogP contribution >= 0.6 is 0 Å². The normalized spacial score (nSPS) is 36.1. The van der Waals surface area contributed by atoms with Crippen molar-refractivity contribution < 1.29 is 14.3 Å². The van der Waals surface area contributed by atoms with Crippen LogP contribution in [-0.2, 0) is 14.3 Å². The van der Waals surface area contributed by atoms with Crippen LogP contribution in [0.5, 0.6) is 0 Å². The molecule has 4 unspecified atom stereocenters. The van der Waals surface area contributed by atoms with Gasteiger partial charge in [-0.2, -0.15) is 0 Å². The van der Waals surface area contributed by atoms with Gasteiger partial charge in [0.1, 0.15) is 6.10 Å². The van der Waals surface area contributed by atoms with E-state index in [0.717, 1.165) is 50.4 Å². The Kier molecular flexibility index (Phi) is 8.16. The molecular formula is C29H46O3. The Balaban J connectivity index is 1.24. The average molecular weight is 443 g/mol. The molecule has 0 N–H and O–H groups in total. The van der Waals surface area contributed by atoms with Crippen LogP contribution in [0.1, 0.15) is 123 Å². The number of allylic oxidation sites excluding steroid dienone is 1. The predicted octanol–water partition coefficient (Wildman–Crippen LogP) is 7.57. The third kappa shape index (κ3) is 5.17. The zero-order chi connectivity index (χ0) is 22.6. The number of hydrogen-bond donors (Lipinski definition) is 0. The highest BCUT2D eigenvalue weighted by Crippen LogP contribution is 2.62. The third-order valence-corrected chi connectivity index (χ3v) is 9.72. The SMILES string of the molecule is CCCCCCCCCCC(=O)OC1CC[C@H]2C3CCC4=CC(=O)CCC4[C@H]3CCC12C. The van der Waals surface area contributed by atoms with Crippen molar-refractivity contribution in [1.29, 1.82) is 0 Å². The van der Waals surface area contributed by atoms with Crippen molar-refractivity contribution in [3.63, 3.8) is 0 Å². The zero-order valence-corrected chi connectivity index (χ0v) is 20.7. The van der Waals surface area contributed by atoms with Crippen molar-refractivity contribution in [3.8, 4) is 0 Å². The lowest BCUT2D eigenvalue weighted by Crippen LogP contribution is -2.48. The molecule has 0 aromatic carbocycles. The van der Waals surface area contributed by atoms with E-state index >= 15 is 0 Å². The fraction of sp³-hybridized carbons (Fsp3) is 0.862. The molecule has 6 atom stereocenters. The van der Waals surface area contributed by atoms with Crippen LogP contribution in [0, 0.1) is 29.1 Å². The molecule has 0 aliphatic heterocycles. The van der Waals surface area contributed by atoms with Crippen LogP contribution in [0.3, 0.4) is 0 Å². The average Bonchev–Trinajstić information content (AvgIpc) is 3.11. The van der Waals surface area contributed by atoms with Gasteiger partial charge in [-0.25, -0.2) is 0 Å². The summed E-state index contributed by atoms with van der Waals surface area (Å²) in [5, 5.41) is 0. The molecule has 32 heavy (non-hydrogen) atoms. The van der Waals surface area contributed by atoms with E-state index in [1.165, 1.54) is 69.8 Å². The van der Waals surface area contributed by atoms with E-state index in [0.29, 0.717) is 24.0 Å². The maximum absolute atomic E-state index is 12.6. The number of carbonyl (C=O) groups excluding carboxylic acids is 2. The van der Waals surface area contributed by atoms with Crippen molar-refractivity contribution in [3.05, 3.63) is 11.6 Å². The number of unbranched alkanes of at least 4 members (excludes halogenated alkanes) is 7. The topological polar surface area (TPSA) is 43.4 Å². The maximum atomic E-state index is 12.6. The van der Waals surface area contributed by atoms with Gasteiger partial charge in [0.25, 0.3) is 0 Å². The fourth-order valence-electron chi connectivity index (χ4n) is 7.95. The third-order valence-electron chi connectivity index (χ3n) is 9.72. The van der Waals surface area contributed by atoms with Crippen molar-refractivity contribution in [2.24, 2.45) is 29.1 Å². The van der Waals surface area contributed by atoms with E-state index in [2.05, 4.69) is 13.8 Å². The van der Waals surface area contributed by atoms with E-state index in [1.54, 1.807) is 0 Å². The van der Waals surface area contributed by atoms with E-state index in [9.17, 15) is 9.59 Å². The van der Waals surface area contributed by atoms with Gasteiger partial charge in [0, 0.05) is 18.3 Å². The van der Waals surface area contributed by atoms with Gasteiger partial charge in [-0.05, 0) is 81.1 Å². The summed E-state index contributed by atoms with van der Waals surface area (Å²) < 4.78 is 6.15. The summed E-state index contributed by atoms with van der Waals surface area (Å²) in [5.74, 6) is 3.26. The van der Waals surface area contributed by atoms with Gasteiger partial charge in [0.2, 0.25) is 0 Å². The second kappa shape index (κ2) is 10.9. The first kappa shape index (κ1) is 24.0. The van der Waals surface area contributed by atoms with Gasteiger partial charge >= 0.3 is 5.97 Å². The molecular weight excluding hydrogens is 396 g/mol. The minimum absolute atomic E-state index is 0.0460. The van der Waals surface area contributed by atoms with E-state index in [-0.39, 0.29) is 17.5 Å². The Morgan fingerprint density at radius 1 is 0.938 bits per heavy atom. The van der Waals surface area contributed by atoms with Gasteiger partial charge < -0.3 is 4.74 Å². The lowest BCUT2D eigenvalue weighted by atomic mass is 9.52. The Morgan fingerprint density at radius 3 is 2.47 bits per heavy atom.